The Balaban J connectivity index is 0.000000137. The number of rotatable bonds is 7. The SMILES string of the molecule is Cc1cc(-c2cccnc2)ccn1.Cc1ccc(-c2ccccn2)cc1.Cc1ccc(-c2cccnc2)cc1.Cc1ccc(-c2ccncc2)cc1.Cc1cccc(-c2ccncc2)c1.Cc1ccnc(-c2ccncc2)c1.Cc1cncc(-c2ccccn2)c1. The number of hydrogen-bond acceptors (Lipinski definition) is 10. The van der Waals surface area contributed by atoms with Crippen molar-refractivity contribution in [3.63, 3.8) is 0 Å². The van der Waals surface area contributed by atoms with Crippen molar-refractivity contribution >= 4 is 0 Å². The maximum Gasteiger partial charge on any atom is 0.0717 e. The molecule has 0 fully saturated rings. The van der Waals surface area contributed by atoms with Gasteiger partial charge in [-0.25, -0.2) is 0 Å². The molecule has 0 N–H and O–H groups in total. The molecule has 10 aromatic heterocycles. The molecule has 91 heavy (non-hydrogen) atoms. The molecule has 0 amide bonds. The van der Waals surface area contributed by atoms with Crippen LogP contribution in [-0.2, 0) is 0 Å². The van der Waals surface area contributed by atoms with Gasteiger partial charge in [0, 0.05) is 127 Å². The van der Waals surface area contributed by atoms with Crippen molar-refractivity contribution in [2.45, 2.75) is 48.5 Å². The van der Waals surface area contributed by atoms with E-state index in [0.29, 0.717) is 0 Å². The number of aromatic nitrogens is 10. The molecule has 10 heteroatoms. The van der Waals surface area contributed by atoms with Gasteiger partial charge in [0.15, 0.2) is 0 Å². The highest BCUT2D eigenvalue weighted by Gasteiger charge is 2.02. The van der Waals surface area contributed by atoms with Gasteiger partial charge in [-0.15, -0.1) is 0 Å². The normalized spacial score (nSPS) is 9.92. The summed E-state index contributed by atoms with van der Waals surface area (Å²) in [6, 6.07) is 75.8. The standard InChI is InChI=1S/4C12H11N.3C11H10N2/c1-10-2-4-11(5-3-10)12-6-8-13-9-7-12;1-10-4-6-11(7-5-10)12-3-2-8-13-9-12;1-10-3-2-4-12(9-10)11-5-7-13-8-6-11;1-10-5-7-11(8-6-10)12-4-2-3-9-13-12;1-9-2-7-13-11(8-9)10-3-5-12-6-4-10;1-9-7-10(4-6-13-9)11-3-2-5-12-8-11;1-9-6-10(8-12-7-9)11-4-2-3-5-13-11/h4*2-9H,1H3;3*2-8H,1H3. The van der Waals surface area contributed by atoms with Crippen LogP contribution in [0.25, 0.3) is 78.3 Å². The van der Waals surface area contributed by atoms with Crippen LogP contribution < -0.4 is 0 Å². The van der Waals surface area contributed by atoms with Crippen LogP contribution in [0.4, 0.5) is 0 Å². The summed E-state index contributed by atoms with van der Waals surface area (Å²) >= 11 is 0. The van der Waals surface area contributed by atoms with Gasteiger partial charge in [0.25, 0.3) is 0 Å². The topological polar surface area (TPSA) is 129 Å². The van der Waals surface area contributed by atoms with Crippen molar-refractivity contribution in [1.82, 2.24) is 49.8 Å². The first-order valence-corrected chi connectivity index (χ1v) is 29.9. The summed E-state index contributed by atoms with van der Waals surface area (Å²) in [5.74, 6) is 0. The van der Waals surface area contributed by atoms with Crippen molar-refractivity contribution < 1.29 is 0 Å². The van der Waals surface area contributed by atoms with Crippen LogP contribution in [0.2, 0.25) is 0 Å². The third-order valence-corrected chi connectivity index (χ3v) is 13.8. The molecular weight excluding hydrogens is 1110 g/mol. The highest BCUT2D eigenvalue weighted by atomic mass is 14.7. The maximum absolute atomic E-state index is 4.28. The second kappa shape index (κ2) is 35.9. The van der Waals surface area contributed by atoms with Crippen LogP contribution in [0.5, 0.6) is 0 Å². The Labute approximate surface area is 536 Å². The molecule has 0 aliphatic heterocycles. The minimum atomic E-state index is 0.971. The first-order valence-electron chi connectivity index (χ1n) is 29.9. The van der Waals surface area contributed by atoms with E-state index in [2.05, 4.69) is 206 Å². The zero-order valence-electron chi connectivity index (χ0n) is 52.6. The summed E-state index contributed by atoms with van der Waals surface area (Å²) < 4.78 is 0. The van der Waals surface area contributed by atoms with E-state index in [1.54, 1.807) is 31.0 Å². The van der Waals surface area contributed by atoms with Crippen molar-refractivity contribution in [1.29, 1.82) is 0 Å². The zero-order valence-corrected chi connectivity index (χ0v) is 52.6. The minimum Gasteiger partial charge on any atom is -0.265 e. The van der Waals surface area contributed by atoms with Crippen LogP contribution in [0.15, 0.2) is 324 Å². The van der Waals surface area contributed by atoms with Gasteiger partial charge in [0.05, 0.1) is 17.1 Å². The molecule has 14 aromatic rings. The second-order valence-corrected chi connectivity index (χ2v) is 21.2. The predicted molar refractivity (Wildman–Crippen MR) is 374 cm³/mol. The Hall–Kier alpha value is -11.6. The quantitative estimate of drug-likeness (QED) is 0.152. The van der Waals surface area contributed by atoms with E-state index >= 15 is 0 Å². The molecule has 14 rings (SSSR count). The van der Waals surface area contributed by atoms with E-state index in [4.69, 9.17) is 0 Å². The van der Waals surface area contributed by atoms with Crippen molar-refractivity contribution in [3.8, 4) is 78.3 Å². The lowest BCUT2D eigenvalue weighted by Crippen LogP contribution is -1.84. The van der Waals surface area contributed by atoms with Crippen LogP contribution in [0, 0.1) is 48.5 Å². The third kappa shape index (κ3) is 22.6. The number of hydrogen-bond donors (Lipinski definition) is 0. The molecule has 0 aliphatic rings. The third-order valence-electron chi connectivity index (χ3n) is 13.8. The van der Waals surface area contributed by atoms with Gasteiger partial charge in [-0.3, -0.25) is 49.8 Å². The molecule has 0 spiro atoms. The van der Waals surface area contributed by atoms with Crippen LogP contribution in [0.1, 0.15) is 39.1 Å². The zero-order chi connectivity index (χ0) is 63.7. The molecule has 0 bridgehead atoms. The lowest BCUT2D eigenvalue weighted by Gasteiger charge is -2.01. The summed E-state index contributed by atoms with van der Waals surface area (Å²) in [7, 11) is 0. The van der Waals surface area contributed by atoms with Gasteiger partial charge < -0.3 is 0 Å². The van der Waals surface area contributed by atoms with Gasteiger partial charge in [0.1, 0.15) is 0 Å². The molecule has 0 aliphatic carbocycles. The summed E-state index contributed by atoms with van der Waals surface area (Å²) in [5.41, 5.74) is 24.5. The molecule has 0 unspecified atom stereocenters. The number of benzene rings is 4. The van der Waals surface area contributed by atoms with Crippen molar-refractivity contribution in [3.05, 3.63) is 363 Å². The van der Waals surface area contributed by atoms with Crippen LogP contribution in [-0.4, -0.2) is 49.8 Å². The summed E-state index contributed by atoms with van der Waals surface area (Å²) in [6.45, 7) is 14.4. The monoisotopic (exact) mass is 1190 g/mol. The lowest BCUT2D eigenvalue weighted by molar-refractivity contribution is 1.20. The van der Waals surface area contributed by atoms with Crippen molar-refractivity contribution in [2.75, 3.05) is 0 Å². The van der Waals surface area contributed by atoms with E-state index < -0.39 is 0 Å². The lowest BCUT2D eigenvalue weighted by atomic mass is 10.1. The van der Waals surface area contributed by atoms with E-state index in [0.717, 1.165) is 45.0 Å². The Kier molecular flexibility index (Phi) is 25.8. The van der Waals surface area contributed by atoms with Crippen molar-refractivity contribution in [2.24, 2.45) is 0 Å². The summed E-state index contributed by atoms with van der Waals surface area (Å²) in [6.07, 6.45) is 29.0. The number of pyridine rings is 10. The smallest absolute Gasteiger partial charge is 0.0717 e. The molecule has 10 nitrogen and oxygen atoms in total. The molecular formula is C81H74N10. The van der Waals surface area contributed by atoms with Crippen LogP contribution in [0.3, 0.4) is 0 Å². The molecule has 448 valence electrons. The number of aryl methyl sites for hydroxylation is 7. The molecule has 0 saturated heterocycles. The molecule has 10 heterocycles. The largest absolute Gasteiger partial charge is 0.265 e. The molecule has 4 aromatic carbocycles. The van der Waals surface area contributed by atoms with E-state index in [9.17, 15) is 0 Å². The number of nitrogens with zero attached hydrogens (tertiary/aromatic N) is 10. The predicted octanol–water partition coefficient (Wildman–Crippen LogP) is 19.6. The van der Waals surface area contributed by atoms with E-state index in [1.165, 1.54) is 72.3 Å². The van der Waals surface area contributed by atoms with E-state index in [1.807, 2.05) is 185 Å². The highest BCUT2D eigenvalue weighted by Crippen LogP contribution is 2.23. The Bertz CT molecular complexity index is 3780. The molecule has 0 atom stereocenters. The Morgan fingerprint density at radius 2 is 0.571 bits per heavy atom. The minimum absolute atomic E-state index is 0.971. The van der Waals surface area contributed by atoms with Gasteiger partial charge in [-0.05, 0) is 202 Å². The highest BCUT2D eigenvalue weighted by molar-refractivity contribution is 5.66. The van der Waals surface area contributed by atoms with Gasteiger partial charge in [-0.2, -0.15) is 0 Å². The summed E-state index contributed by atoms with van der Waals surface area (Å²) in [4.78, 5) is 41.2. The molecule has 0 saturated carbocycles. The fourth-order valence-electron chi connectivity index (χ4n) is 8.90. The maximum atomic E-state index is 4.28. The Morgan fingerprint density at radius 1 is 0.176 bits per heavy atom. The van der Waals surface area contributed by atoms with Gasteiger partial charge in [-0.1, -0.05) is 144 Å². The second-order valence-electron chi connectivity index (χ2n) is 21.2. The fraction of sp³-hybridized carbons (Fsp3) is 0.0864. The average molecular weight is 1190 g/mol. The van der Waals surface area contributed by atoms with Crippen LogP contribution >= 0.6 is 0 Å². The van der Waals surface area contributed by atoms with Gasteiger partial charge in [0.2, 0.25) is 0 Å². The Morgan fingerprint density at radius 3 is 1.05 bits per heavy atom. The summed E-state index contributed by atoms with van der Waals surface area (Å²) in [5, 5.41) is 0. The van der Waals surface area contributed by atoms with Gasteiger partial charge >= 0.3 is 0 Å². The van der Waals surface area contributed by atoms with E-state index in [-0.39, 0.29) is 0 Å². The molecule has 0 radical (unpaired) electrons. The first-order chi connectivity index (χ1) is 44.5. The first kappa shape index (κ1) is 65.4. The fourth-order valence-corrected chi connectivity index (χ4v) is 8.90. The average Bonchev–Trinajstić information content (AvgIpc) is 3.54.